The summed E-state index contributed by atoms with van der Waals surface area (Å²) in [6, 6.07) is 9.43. The molecule has 118 valence electrons. The zero-order valence-corrected chi connectivity index (χ0v) is 12.9. The van der Waals surface area contributed by atoms with Gasteiger partial charge in [-0.05, 0) is 35.9 Å². The number of benzene rings is 1. The Labute approximate surface area is 133 Å². The van der Waals surface area contributed by atoms with Crippen molar-refractivity contribution < 1.29 is 14.3 Å². The molecular weight excluding hydrogens is 294 g/mol. The molecule has 2 heterocycles. The summed E-state index contributed by atoms with van der Waals surface area (Å²) in [6.45, 7) is 0. The minimum absolute atomic E-state index is 0.199. The fourth-order valence-corrected chi connectivity index (χ4v) is 2.43. The van der Waals surface area contributed by atoms with Gasteiger partial charge in [-0.3, -0.25) is 4.79 Å². The molecule has 1 aliphatic heterocycles. The molecule has 1 aromatic carbocycles. The second-order valence-corrected chi connectivity index (χ2v) is 5.05. The molecule has 0 fully saturated rings. The predicted octanol–water partition coefficient (Wildman–Crippen LogP) is 2.14. The summed E-state index contributed by atoms with van der Waals surface area (Å²) in [5.41, 5.74) is 5.60. The van der Waals surface area contributed by atoms with Gasteiger partial charge in [0.05, 0.1) is 25.5 Å². The van der Waals surface area contributed by atoms with E-state index in [0.717, 1.165) is 11.3 Å². The molecule has 1 aromatic heterocycles. The maximum absolute atomic E-state index is 12.0. The van der Waals surface area contributed by atoms with Crippen molar-refractivity contribution in [2.75, 3.05) is 14.2 Å². The summed E-state index contributed by atoms with van der Waals surface area (Å²) in [7, 11) is 3.19. The quantitative estimate of drug-likeness (QED) is 0.831. The average Bonchev–Trinajstić information content (AvgIpc) is 3.20. The van der Waals surface area contributed by atoms with Crippen LogP contribution in [0.5, 0.6) is 11.5 Å². The molecule has 0 atom stereocenters. The van der Waals surface area contributed by atoms with Crippen molar-refractivity contribution in [1.29, 1.82) is 0 Å². The molecule has 0 saturated heterocycles. The Morgan fingerprint density at radius 2 is 2.00 bits per heavy atom. The van der Waals surface area contributed by atoms with Gasteiger partial charge < -0.3 is 14.5 Å². The van der Waals surface area contributed by atoms with Crippen LogP contribution >= 0.6 is 0 Å². The number of nitrogens with one attached hydrogen (secondary N) is 2. The number of nitrogens with zero attached hydrogens (tertiary/aromatic N) is 1. The number of hydrogen-bond donors (Lipinski definition) is 2. The molecule has 6 nitrogen and oxygen atoms in total. The Morgan fingerprint density at radius 1 is 1.17 bits per heavy atom. The van der Waals surface area contributed by atoms with Gasteiger partial charge >= 0.3 is 0 Å². The van der Waals surface area contributed by atoms with E-state index < -0.39 is 0 Å². The minimum Gasteiger partial charge on any atom is -0.493 e. The van der Waals surface area contributed by atoms with Gasteiger partial charge in [-0.1, -0.05) is 6.07 Å². The lowest BCUT2D eigenvalue weighted by Crippen LogP contribution is -2.14. The fourth-order valence-electron chi connectivity index (χ4n) is 2.43. The molecule has 6 heteroatoms. The second kappa shape index (κ2) is 6.39. The van der Waals surface area contributed by atoms with E-state index in [0.29, 0.717) is 29.2 Å². The lowest BCUT2D eigenvalue weighted by Gasteiger charge is -2.09. The number of hydrazone groups is 1. The van der Waals surface area contributed by atoms with Crippen LogP contribution in [0.1, 0.15) is 11.3 Å². The third-order valence-corrected chi connectivity index (χ3v) is 3.59. The summed E-state index contributed by atoms with van der Waals surface area (Å²) in [4.78, 5) is 15.0. The smallest absolute Gasteiger partial charge is 0.273 e. The molecule has 1 aliphatic rings. The average molecular weight is 311 g/mol. The van der Waals surface area contributed by atoms with Crippen LogP contribution < -0.4 is 14.9 Å². The number of aromatic amines is 1. The Bertz CT molecular complexity index is 776. The van der Waals surface area contributed by atoms with Crippen LogP contribution in [0, 0.1) is 0 Å². The highest BCUT2D eigenvalue weighted by Crippen LogP contribution is 2.28. The van der Waals surface area contributed by atoms with Crippen LogP contribution in [-0.4, -0.2) is 30.8 Å². The number of carbonyl (C=O) groups is 1. The molecule has 0 aliphatic carbocycles. The maximum atomic E-state index is 12.0. The van der Waals surface area contributed by atoms with Crippen molar-refractivity contribution in [3.8, 4) is 11.5 Å². The summed E-state index contributed by atoms with van der Waals surface area (Å²) < 4.78 is 10.5. The molecule has 0 saturated carbocycles. The first kappa shape index (κ1) is 14.9. The van der Waals surface area contributed by atoms with Crippen LogP contribution in [0.2, 0.25) is 0 Å². The normalized spacial score (nSPS) is 15.5. The first-order chi connectivity index (χ1) is 11.2. The van der Waals surface area contributed by atoms with E-state index in [1.54, 1.807) is 20.3 Å². The largest absolute Gasteiger partial charge is 0.493 e. The standard InChI is InChI=1S/C17H17N3O3/c1-22-15-6-5-11(9-16(15)23-2)8-14-13(17(21)20-19-14)10-12-4-3-7-18-12/h3-7,9-10,18H,8H2,1-2H3,(H,20,21)/b13-10+. The number of H-pyrrole nitrogens is 1. The van der Waals surface area contributed by atoms with Crippen molar-refractivity contribution in [1.82, 2.24) is 10.4 Å². The molecule has 23 heavy (non-hydrogen) atoms. The van der Waals surface area contributed by atoms with Crippen LogP contribution in [0.4, 0.5) is 0 Å². The summed E-state index contributed by atoms with van der Waals surface area (Å²) >= 11 is 0. The molecule has 0 spiro atoms. The summed E-state index contributed by atoms with van der Waals surface area (Å²) in [6.07, 6.45) is 4.12. The predicted molar refractivity (Wildman–Crippen MR) is 87.6 cm³/mol. The van der Waals surface area contributed by atoms with Gasteiger partial charge in [-0.25, -0.2) is 5.43 Å². The molecule has 2 aromatic rings. The molecule has 0 radical (unpaired) electrons. The lowest BCUT2D eigenvalue weighted by atomic mass is 10.0. The number of ether oxygens (including phenoxy) is 2. The molecular formula is C17H17N3O3. The SMILES string of the molecule is COc1ccc(CC2=NNC(=O)/C2=C/c2ccc[nH]2)cc1OC. The fraction of sp³-hybridized carbons (Fsp3) is 0.176. The highest BCUT2D eigenvalue weighted by Gasteiger charge is 2.23. The zero-order valence-electron chi connectivity index (χ0n) is 12.9. The molecule has 0 unspecified atom stereocenters. The third-order valence-electron chi connectivity index (χ3n) is 3.59. The highest BCUT2D eigenvalue weighted by atomic mass is 16.5. The van der Waals surface area contributed by atoms with E-state index in [4.69, 9.17) is 9.47 Å². The molecule has 3 rings (SSSR count). The van der Waals surface area contributed by atoms with Crippen molar-refractivity contribution in [2.24, 2.45) is 5.10 Å². The Balaban J connectivity index is 1.86. The van der Waals surface area contributed by atoms with Crippen LogP contribution in [-0.2, 0) is 11.2 Å². The monoisotopic (exact) mass is 311 g/mol. The van der Waals surface area contributed by atoms with E-state index in [2.05, 4.69) is 15.5 Å². The highest BCUT2D eigenvalue weighted by molar-refractivity contribution is 6.27. The van der Waals surface area contributed by atoms with E-state index >= 15 is 0 Å². The number of hydrogen-bond acceptors (Lipinski definition) is 4. The van der Waals surface area contributed by atoms with Crippen LogP contribution in [0.25, 0.3) is 6.08 Å². The molecule has 0 bridgehead atoms. The van der Waals surface area contributed by atoms with Crippen molar-refractivity contribution >= 4 is 17.7 Å². The van der Waals surface area contributed by atoms with E-state index in [-0.39, 0.29) is 5.91 Å². The molecule has 1 amide bonds. The van der Waals surface area contributed by atoms with E-state index in [1.165, 1.54) is 0 Å². The Hall–Kier alpha value is -3.02. The first-order valence-corrected chi connectivity index (χ1v) is 7.14. The van der Waals surface area contributed by atoms with Crippen molar-refractivity contribution in [3.63, 3.8) is 0 Å². The topological polar surface area (TPSA) is 75.7 Å². The van der Waals surface area contributed by atoms with Gasteiger partial charge in [0.1, 0.15) is 0 Å². The lowest BCUT2D eigenvalue weighted by molar-refractivity contribution is -0.116. The van der Waals surface area contributed by atoms with Crippen molar-refractivity contribution in [2.45, 2.75) is 6.42 Å². The van der Waals surface area contributed by atoms with Gasteiger partial charge in [-0.2, -0.15) is 5.10 Å². The van der Waals surface area contributed by atoms with Gasteiger partial charge in [0.15, 0.2) is 11.5 Å². The van der Waals surface area contributed by atoms with E-state index in [1.807, 2.05) is 36.5 Å². The Morgan fingerprint density at radius 3 is 2.70 bits per heavy atom. The summed E-state index contributed by atoms with van der Waals surface area (Å²) in [5, 5.41) is 4.13. The zero-order chi connectivity index (χ0) is 16.2. The van der Waals surface area contributed by atoms with Gasteiger partial charge in [0.25, 0.3) is 5.91 Å². The van der Waals surface area contributed by atoms with Gasteiger partial charge in [-0.15, -0.1) is 0 Å². The maximum Gasteiger partial charge on any atom is 0.273 e. The number of carbonyl (C=O) groups excluding carboxylic acids is 1. The van der Waals surface area contributed by atoms with Crippen molar-refractivity contribution in [3.05, 3.63) is 53.4 Å². The van der Waals surface area contributed by atoms with Gasteiger partial charge in [0, 0.05) is 18.3 Å². The van der Waals surface area contributed by atoms with Crippen LogP contribution in [0.15, 0.2) is 47.2 Å². The van der Waals surface area contributed by atoms with Crippen LogP contribution in [0.3, 0.4) is 0 Å². The molecule has 2 N–H and O–H groups in total. The Kier molecular flexibility index (Phi) is 4.14. The second-order valence-electron chi connectivity index (χ2n) is 5.05. The number of amides is 1. The number of rotatable bonds is 5. The minimum atomic E-state index is -0.199. The van der Waals surface area contributed by atoms with E-state index in [9.17, 15) is 4.79 Å². The summed E-state index contributed by atoms with van der Waals surface area (Å²) in [5.74, 6) is 1.12. The number of aromatic nitrogens is 1. The van der Waals surface area contributed by atoms with Gasteiger partial charge in [0.2, 0.25) is 0 Å². The number of methoxy groups -OCH3 is 2. The third kappa shape index (κ3) is 3.11. The first-order valence-electron chi connectivity index (χ1n) is 7.14.